The lowest BCUT2D eigenvalue weighted by Crippen LogP contribution is -2.71. The first-order valence-corrected chi connectivity index (χ1v) is 28.8. The number of phenolic OH excluding ortho intramolecular Hbond substituents is 1. The highest BCUT2D eigenvalue weighted by Gasteiger charge is 2.56. The molecule has 6 atom stereocenters. The van der Waals surface area contributed by atoms with Gasteiger partial charge >= 0.3 is 29.8 Å². The number of thioether (sulfide) groups is 4. The van der Waals surface area contributed by atoms with Gasteiger partial charge in [0.1, 0.15) is 46.0 Å². The summed E-state index contributed by atoms with van der Waals surface area (Å²) in [5.41, 5.74) is 1.02. The summed E-state index contributed by atoms with van der Waals surface area (Å²) in [5.74, 6) is -7.65. The van der Waals surface area contributed by atoms with E-state index in [1.807, 2.05) is 0 Å². The number of imide groups is 1. The number of aromatic nitrogens is 8. The number of hydrogen-bond donors (Lipinski definition) is 8. The number of aliphatic carboxylic acids is 2. The lowest BCUT2D eigenvalue weighted by Gasteiger charge is -2.49. The minimum absolute atomic E-state index is 0.0285. The summed E-state index contributed by atoms with van der Waals surface area (Å²) in [6.45, 7) is 2.04. The van der Waals surface area contributed by atoms with Crippen molar-refractivity contribution in [3.05, 3.63) is 88.3 Å². The Morgan fingerprint density at radius 1 is 0.747 bits per heavy atom. The minimum atomic E-state index is -4.40. The highest BCUT2D eigenvalue weighted by Crippen LogP contribution is 2.43. The van der Waals surface area contributed by atoms with Crippen LogP contribution in [0.25, 0.3) is 0 Å². The molecule has 7 heterocycles. The number of aromatic hydroxyl groups is 1. The molecule has 8 amide bonds. The molecule has 0 unspecified atom stereocenters. The summed E-state index contributed by atoms with van der Waals surface area (Å²) in [6, 6.07) is 9.01. The zero-order valence-electron chi connectivity index (χ0n) is 41.0. The molecule has 4 aromatic rings. The number of carboxylic acids is 2. The van der Waals surface area contributed by atoms with Gasteiger partial charge < -0.3 is 41.3 Å². The maximum Gasteiger partial charge on any atom is 0.352 e. The number of tetrazole rings is 2. The van der Waals surface area contributed by atoms with E-state index in [0.29, 0.717) is 33.3 Å². The van der Waals surface area contributed by atoms with Crippen LogP contribution in [0.2, 0.25) is 0 Å². The number of likely N-dealkylation sites (N-methyl/N-ethyl adjacent to an activating group) is 1. The van der Waals surface area contributed by atoms with E-state index >= 15 is 0 Å². The molecule has 0 spiro atoms. The van der Waals surface area contributed by atoms with E-state index in [4.69, 9.17) is 4.55 Å². The van der Waals surface area contributed by atoms with Gasteiger partial charge in [0.25, 0.3) is 27.8 Å². The molecule has 36 heteroatoms. The molecule has 0 radical (unpaired) electrons. The van der Waals surface area contributed by atoms with Gasteiger partial charge in [-0.15, -0.1) is 33.7 Å². The number of benzene rings is 2. The molecule has 79 heavy (non-hydrogen) atoms. The molecule has 5 aliphatic heterocycles. The average Bonchev–Trinajstić information content (AvgIpc) is 4.18. The molecule has 31 nitrogen and oxygen atoms in total. The molecule has 418 valence electrons. The Kier molecular flexibility index (Phi) is 17.6. The first-order valence-electron chi connectivity index (χ1n) is 23.1. The monoisotopic (exact) mass is 1190 g/mol. The van der Waals surface area contributed by atoms with E-state index in [2.05, 4.69) is 47.0 Å². The van der Waals surface area contributed by atoms with Gasteiger partial charge in [-0.3, -0.25) is 48.0 Å². The van der Waals surface area contributed by atoms with E-state index in [-0.39, 0.29) is 64.0 Å². The summed E-state index contributed by atoms with van der Waals surface area (Å²) >= 11 is 4.66. The van der Waals surface area contributed by atoms with Gasteiger partial charge in [0.2, 0.25) is 16.2 Å². The summed E-state index contributed by atoms with van der Waals surface area (Å²) in [5, 5.41) is 68.0. The third-order valence-electron chi connectivity index (χ3n) is 12.3. The maximum atomic E-state index is 13.6. The van der Waals surface area contributed by atoms with Crippen molar-refractivity contribution in [1.82, 2.24) is 76.0 Å². The molecule has 5 aliphatic rings. The van der Waals surface area contributed by atoms with Gasteiger partial charge in [-0.1, -0.05) is 66.0 Å². The fraction of sp³-hybridized carbons (Fsp3) is 0.372. The molecule has 0 aliphatic carbocycles. The van der Waals surface area contributed by atoms with Gasteiger partial charge in [0.05, 0.1) is 0 Å². The number of hydrogen-bond acceptors (Lipinski definition) is 23. The maximum absolute atomic E-state index is 13.6. The van der Waals surface area contributed by atoms with Crippen LogP contribution < -0.4 is 16.0 Å². The third kappa shape index (κ3) is 12.5. The summed E-state index contributed by atoms with van der Waals surface area (Å²) in [4.78, 5) is 118. The SMILES string of the molecule is CCN1CCN(C(=O)N[C@@H](C(=O)N[C@@H]2C(=O)N3C(C(=O)O)=C(CSc4nnnn4C)CS[C@H]23)c2ccc(O)cc2)C(=O)C1=O.O=C(O)C1=C(CSc2nnnn2CS(=O)(=O)O)CS[C@@H]2[C@H](NC(=O)[C@H](O)c3ccccc3)C(=O)N12. The van der Waals surface area contributed by atoms with E-state index < -0.39 is 104 Å². The number of phenols is 1. The summed E-state index contributed by atoms with van der Waals surface area (Å²) in [7, 11) is -2.76. The van der Waals surface area contributed by atoms with Gasteiger partial charge in [0, 0.05) is 49.7 Å². The number of carbonyl (C=O) groups is 9. The van der Waals surface area contributed by atoms with Crippen LogP contribution in [-0.4, -0.2) is 212 Å². The smallest absolute Gasteiger partial charge is 0.352 e. The molecule has 0 bridgehead atoms. The van der Waals surface area contributed by atoms with Crippen molar-refractivity contribution in [1.29, 1.82) is 0 Å². The van der Waals surface area contributed by atoms with Crippen LogP contribution in [0.3, 0.4) is 0 Å². The Labute approximate surface area is 462 Å². The van der Waals surface area contributed by atoms with E-state index in [1.165, 1.54) is 69.1 Å². The number of carbonyl (C=O) groups excluding carboxylic acids is 7. The predicted octanol–water partition coefficient (Wildman–Crippen LogP) is -2.03. The van der Waals surface area contributed by atoms with Crippen LogP contribution in [0.5, 0.6) is 5.75 Å². The van der Waals surface area contributed by atoms with Crippen LogP contribution in [0.1, 0.15) is 30.2 Å². The minimum Gasteiger partial charge on any atom is -0.508 e. The second kappa shape index (κ2) is 24.2. The van der Waals surface area contributed by atoms with Crippen molar-refractivity contribution in [2.45, 2.75) is 58.1 Å². The van der Waals surface area contributed by atoms with Gasteiger partial charge in [-0.2, -0.15) is 8.42 Å². The Balaban J connectivity index is 0.000000214. The van der Waals surface area contributed by atoms with Crippen molar-refractivity contribution in [3.63, 3.8) is 0 Å². The van der Waals surface area contributed by atoms with Crippen LogP contribution >= 0.6 is 47.0 Å². The van der Waals surface area contributed by atoms with Crippen LogP contribution in [-0.2, 0) is 61.4 Å². The predicted molar refractivity (Wildman–Crippen MR) is 274 cm³/mol. The molecular weight excluding hydrogens is 1140 g/mol. The number of carboxylic acid groups (broad SMARTS) is 2. The molecule has 9 rings (SSSR count). The van der Waals surface area contributed by atoms with Crippen molar-refractivity contribution >= 4 is 111 Å². The number of aryl methyl sites for hydroxylation is 1. The van der Waals surface area contributed by atoms with Gasteiger partial charge in [-0.05, 0) is 62.2 Å². The van der Waals surface area contributed by atoms with Crippen molar-refractivity contribution < 1.29 is 76.5 Å². The molecule has 8 N–H and O–H groups in total. The van der Waals surface area contributed by atoms with Crippen LogP contribution in [0.15, 0.2) is 87.5 Å². The fourth-order valence-electron chi connectivity index (χ4n) is 8.36. The molecule has 2 aromatic carbocycles. The van der Waals surface area contributed by atoms with Crippen molar-refractivity contribution in [3.8, 4) is 5.75 Å². The van der Waals surface area contributed by atoms with Crippen LogP contribution in [0, 0.1) is 0 Å². The van der Waals surface area contributed by atoms with Gasteiger partial charge in [0.15, 0.2) is 12.0 Å². The van der Waals surface area contributed by atoms with E-state index in [0.717, 1.165) is 26.2 Å². The average molecular weight is 1190 g/mol. The molecule has 3 fully saturated rings. The van der Waals surface area contributed by atoms with E-state index in [1.54, 1.807) is 44.3 Å². The van der Waals surface area contributed by atoms with Crippen molar-refractivity contribution in [2.24, 2.45) is 7.05 Å². The zero-order chi connectivity index (χ0) is 57.0. The molecule has 3 saturated heterocycles. The Hall–Kier alpha value is -7.64. The normalized spacial score (nSPS) is 20.7. The van der Waals surface area contributed by atoms with E-state index in [9.17, 15) is 72.0 Å². The number of β-lactam (4-membered cyclic amide) rings is 2. The zero-order valence-corrected chi connectivity index (χ0v) is 45.0. The second-order valence-electron chi connectivity index (χ2n) is 17.3. The molecular formula is C43H45N15O16S5. The number of piperazine rings is 1. The lowest BCUT2D eigenvalue weighted by molar-refractivity contribution is -0.153. The number of urea groups is 1. The Bertz CT molecular complexity index is 3290. The highest BCUT2D eigenvalue weighted by atomic mass is 32.2. The highest BCUT2D eigenvalue weighted by molar-refractivity contribution is 8.01. The first kappa shape index (κ1) is 57.5. The fourth-order valence-corrected chi connectivity index (χ4v) is 13.6. The number of nitrogens with one attached hydrogen (secondary N) is 3. The Morgan fingerprint density at radius 2 is 1.29 bits per heavy atom. The number of aliphatic hydroxyl groups is 1. The number of aliphatic hydroxyl groups excluding tert-OH is 1. The number of amides is 8. The van der Waals surface area contributed by atoms with Crippen molar-refractivity contribution in [2.75, 3.05) is 42.6 Å². The first-order chi connectivity index (χ1) is 37.6. The second-order valence-corrected chi connectivity index (χ2v) is 22.8. The Morgan fingerprint density at radius 3 is 1.82 bits per heavy atom. The standard InChI is InChI=1S/C25H27N9O8S2.C18H18N6O8S3/c1-3-32-8-9-33(21(39)20(32)38)24(42)27-15(12-4-6-14(35)7-5-12)18(36)26-16-19(37)34-17(23(40)41)13(10-43-22(16)34)11-44-25-28-29-30-31(25)2;25-13(9-4-2-1-3-5-9)14(26)19-11-15(27)24-12(17(28)29)10(6-33-16(11)24)7-34-18-20-21-22-23(18)8-35(30,31)32/h4-7,15-16,22,35H,3,8-11H2,1-2H3,(H,26,36)(H,27,42)(H,40,41);1-5,11,13,16,25H,6-8H2,(H,19,26)(H,28,29)(H,30,31,32)/t15-,16-,22-;11-,13-,16-/m11/s1. The van der Waals surface area contributed by atoms with Gasteiger partial charge in [-0.25, -0.2) is 23.7 Å². The van der Waals surface area contributed by atoms with Crippen LogP contribution in [0.4, 0.5) is 4.79 Å². The third-order valence-corrected chi connectivity index (χ3v) is 17.7. The summed E-state index contributed by atoms with van der Waals surface area (Å²) in [6.07, 6.45) is -1.48. The number of nitrogens with zero attached hydrogens (tertiary/aromatic N) is 12. The molecule has 2 aromatic heterocycles. The topological polar surface area (TPSA) is 425 Å². The number of fused-ring (bicyclic) bond motifs is 2. The molecule has 0 saturated carbocycles. The largest absolute Gasteiger partial charge is 0.508 e. The quantitative estimate of drug-likeness (QED) is 0.0230. The lowest BCUT2D eigenvalue weighted by atomic mass is 10.0. The number of rotatable bonds is 18. The summed E-state index contributed by atoms with van der Waals surface area (Å²) < 4.78 is 33.5.